The van der Waals surface area contributed by atoms with Crippen LogP contribution >= 0.6 is 0 Å². The van der Waals surface area contributed by atoms with Crippen molar-refractivity contribution < 1.29 is 13.2 Å². The quantitative estimate of drug-likeness (QED) is 0.419. The van der Waals surface area contributed by atoms with Crippen molar-refractivity contribution in [2.24, 2.45) is 0 Å². The number of carbonyl (C=O) groups is 1. The molecular formula is C27H25N3O3S. The summed E-state index contributed by atoms with van der Waals surface area (Å²) in [6.45, 7) is 2.97. The first-order valence-corrected chi connectivity index (χ1v) is 12.6. The van der Waals surface area contributed by atoms with Gasteiger partial charge in [0.1, 0.15) is 0 Å². The third kappa shape index (κ3) is 4.22. The lowest BCUT2D eigenvalue weighted by molar-refractivity contribution is 0.0773. The summed E-state index contributed by atoms with van der Waals surface area (Å²) in [7, 11) is -3.74. The minimum Gasteiger partial charge on any atom is -0.361 e. The molecule has 3 aromatic carbocycles. The predicted octanol–water partition coefficient (Wildman–Crippen LogP) is 5.21. The molecule has 6 nitrogen and oxygen atoms in total. The van der Waals surface area contributed by atoms with E-state index >= 15 is 0 Å². The number of H-pyrrole nitrogens is 1. The van der Waals surface area contributed by atoms with Crippen LogP contribution in [0.3, 0.4) is 0 Å². The number of para-hydroxylation sites is 2. The van der Waals surface area contributed by atoms with Crippen molar-refractivity contribution in [2.45, 2.75) is 18.2 Å². The summed E-state index contributed by atoms with van der Waals surface area (Å²) in [6, 6.07) is 21.5. The van der Waals surface area contributed by atoms with Gasteiger partial charge in [-0.25, -0.2) is 8.42 Å². The Kier molecular flexibility index (Phi) is 5.71. The summed E-state index contributed by atoms with van der Waals surface area (Å²) >= 11 is 0. The minimum absolute atomic E-state index is 0.106. The second-order valence-electron chi connectivity index (χ2n) is 8.42. The number of aryl methyl sites for hydroxylation is 1. The highest BCUT2D eigenvalue weighted by molar-refractivity contribution is 7.92. The maximum Gasteiger partial charge on any atom is 0.261 e. The number of aromatic amines is 1. The van der Waals surface area contributed by atoms with Crippen LogP contribution in [0.5, 0.6) is 0 Å². The summed E-state index contributed by atoms with van der Waals surface area (Å²) in [6.07, 6.45) is 4.89. The van der Waals surface area contributed by atoms with Crippen molar-refractivity contribution in [3.8, 4) is 0 Å². The predicted molar refractivity (Wildman–Crippen MR) is 135 cm³/mol. The third-order valence-corrected chi connectivity index (χ3v) is 7.61. The van der Waals surface area contributed by atoms with Crippen molar-refractivity contribution in [3.05, 3.63) is 102 Å². The first kappa shape index (κ1) is 22.0. The number of amides is 1. The topological polar surface area (TPSA) is 82.3 Å². The zero-order valence-electron chi connectivity index (χ0n) is 18.8. The van der Waals surface area contributed by atoms with Crippen molar-refractivity contribution in [1.82, 2.24) is 9.88 Å². The van der Waals surface area contributed by atoms with E-state index in [0.29, 0.717) is 24.3 Å². The number of aromatic nitrogens is 1. The number of nitrogens with zero attached hydrogens (tertiary/aromatic N) is 1. The summed E-state index contributed by atoms with van der Waals surface area (Å²) in [5, 5.41) is 1.18. The molecule has 0 unspecified atom stereocenters. The van der Waals surface area contributed by atoms with Crippen LogP contribution in [0.4, 0.5) is 5.69 Å². The lowest BCUT2D eigenvalue weighted by Crippen LogP contribution is -2.34. The highest BCUT2D eigenvalue weighted by Crippen LogP contribution is 2.29. The van der Waals surface area contributed by atoms with Gasteiger partial charge in [0.25, 0.3) is 15.9 Å². The molecule has 0 fully saturated rings. The van der Waals surface area contributed by atoms with E-state index < -0.39 is 10.0 Å². The van der Waals surface area contributed by atoms with E-state index in [1.807, 2.05) is 37.4 Å². The molecule has 2 N–H and O–H groups in total. The van der Waals surface area contributed by atoms with Gasteiger partial charge in [0.15, 0.2) is 0 Å². The SMILES string of the molecule is Cc1ccccc1NS(=O)(=O)c1ccc(C(=O)N2CC=C(c3c[nH]c4ccccc34)CC2)cc1. The van der Waals surface area contributed by atoms with Crippen LogP contribution in [0.15, 0.2) is 90.0 Å². The smallest absolute Gasteiger partial charge is 0.261 e. The molecule has 0 saturated heterocycles. The molecule has 1 aliphatic rings. The van der Waals surface area contributed by atoms with Gasteiger partial charge in [0.05, 0.1) is 10.6 Å². The van der Waals surface area contributed by atoms with Crippen molar-refractivity contribution in [2.75, 3.05) is 17.8 Å². The zero-order valence-corrected chi connectivity index (χ0v) is 19.6. The number of nitrogens with one attached hydrogen (secondary N) is 2. The van der Waals surface area contributed by atoms with Crippen LogP contribution < -0.4 is 4.72 Å². The first-order valence-electron chi connectivity index (χ1n) is 11.2. The number of rotatable bonds is 5. The molecule has 172 valence electrons. The molecule has 0 aliphatic carbocycles. The number of hydrogen-bond acceptors (Lipinski definition) is 3. The van der Waals surface area contributed by atoms with Gasteiger partial charge in [0, 0.05) is 41.3 Å². The molecule has 0 radical (unpaired) electrons. The number of hydrogen-bond donors (Lipinski definition) is 2. The Balaban J connectivity index is 1.29. The van der Waals surface area contributed by atoms with Crippen molar-refractivity contribution in [3.63, 3.8) is 0 Å². The Bertz CT molecular complexity index is 1500. The maximum absolute atomic E-state index is 13.0. The van der Waals surface area contributed by atoms with E-state index in [4.69, 9.17) is 0 Å². The fourth-order valence-corrected chi connectivity index (χ4v) is 5.42. The van der Waals surface area contributed by atoms with Crippen LogP contribution in [0, 0.1) is 6.92 Å². The van der Waals surface area contributed by atoms with E-state index in [0.717, 1.165) is 17.5 Å². The van der Waals surface area contributed by atoms with Crippen molar-refractivity contribution >= 4 is 38.1 Å². The molecule has 1 aromatic heterocycles. The molecular weight excluding hydrogens is 446 g/mol. The van der Waals surface area contributed by atoms with Gasteiger partial charge in [-0.2, -0.15) is 0 Å². The van der Waals surface area contributed by atoms with Crippen LogP contribution in [0.1, 0.15) is 27.9 Å². The normalized spacial score (nSPS) is 14.1. The van der Waals surface area contributed by atoms with Crippen LogP contribution in [-0.4, -0.2) is 37.3 Å². The van der Waals surface area contributed by atoms with Gasteiger partial charge in [0.2, 0.25) is 0 Å². The average molecular weight is 472 g/mol. The lowest BCUT2D eigenvalue weighted by atomic mass is 9.98. The third-order valence-electron chi connectivity index (χ3n) is 6.23. The van der Waals surface area contributed by atoms with Gasteiger partial charge in [-0.1, -0.05) is 42.5 Å². The van der Waals surface area contributed by atoms with Gasteiger partial charge < -0.3 is 9.88 Å². The van der Waals surface area contributed by atoms with Crippen LogP contribution in [0.2, 0.25) is 0 Å². The van der Waals surface area contributed by atoms with E-state index in [2.05, 4.69) is 27.9 Å². The number of benzene rings is 3. The molecule has 0 spiro atoms. The largest absolute Gasteiger partial charge is 0.361 e. The Morgan fingerprint density at radius 3 is 2.44 bits per heavy atom. The molecule has 7 heteroatoms. The number of anilines is 1. The van der Waals surface area contributed by atoms with Gasteiger partial charge in [-0.05, 0) is 60.9 Å². The number of fused-ring (bicyclic) bond motifs is 1. The highest BCUT2D eigenvalue weighted by Gasteiger charge is 2.22. The van der Waals surface area contributed by atoms with E-state index in [1.54, 1.807) is 29.2 Å². The molecule has 4 aromatic rings. The fraction of sp³-hybridized carbons (Fsp3) is 0.148. The first-order chi connectivity index (χ1) is 16.4. The molecule has 2 heterocycles. The van der Waals surface area contributed by atoms with Crippen LogP contribution in [-0.2, 0) is 10.0 Å². The number of carbonyl (C=O) groups excluding carboxylic acids is 1. The van der Waals surface area contributed by atoms with Crippen molar-refractivity contribution in [1.29, 1.82) is 0 Å². The lowest BCUT2D eigenvalue weighted by Gasteiger charge is -2.26. The van der Waals surface area contributed by atoms with E-state index in [-0.39, 0.29) is 10.8 Å². The second kappa shape index (κ2) is 8.83. The second-order valence-corrected chi connectivity index (χ2v) is 10.1. The zero-order chi connectivity index (χ0) is 23.7. The fourth-order valence-electron chi connectivity index (χ4n) is 4.29. The monoisotopic (exact) mass is 471 g/mol. The minimum atomic E-state index is -3.74. The van der Waals surface area contributed by atoms with E-state index in [1.165, 1.54) is 28.7 Å². The molecule has 34 heavy (non-hydrogen) atoms. The van der Waals surface area contributed by atoms with Gasteiger partial charge in [-0.15, -0.1) is 0 Å². The summed E-state index contributed by atoms with van der Waals surface area (Å²) in [5.74, 6) is -0.106. The van der Waals surface area contributed by atoms with E-state index in [9.17, 15) is 13.2 Å². The highest BCUT2D eigenvalue weighted by atomic mass is 32.2. The summed E-state index contributed by atoms with van der Waals surface area (Å²) in [4.78, 5) is 18.2. The maximum atomic E-state index is 13.0. The Morgan fingerprint density at radius 1 is 0.971 bits per heavy atom. The Labute approximate surface area is 199 Å². The molecule has 1 amide bonds. The molecule has 5 rings (SSSR count). The molecule has 0 atom stereocenters. The summed E-state index contributed by atoms with van der Waals surface area (Å²) < 4.78 is 28.1. The van der Waals surface area contributed by atoms with Crippen LogP contribution in [0.25, 0.3) is 16.5 Å². The van der Waals surface area contributed by atoms with Gasteiger partial charge >= 0.3 is 0 Å². The standard InChI is InChI=1S/C27H25N3O3S/c1-19-6-2-4-8-25(19)29-34(32,33)22-12-10-21(11-13-22)27(31)30-16-14-20(15-17-30)24-18-28-26-9-5-3-7-23(24)26/h2-14,18,28-29H,15-17H2,1H3. The number of sulfonamides is 1. The Hall–Kier alpha value is -3.84. The molecule has 1 aliphatic heterocycles. The van der Waals surface area contributed by atoms with Gasteiger partial charge in [-0.3, -0.25) is 9.52 Å². The average Bonchev–Trinajstić information content (AvgIpc) is 3.29. The summed E-state index contributed by atoms with van der Waals surface area (Å²) in [5.41, 5.74) is 5.35. The Morgan fingerprint density at radius 2 is 1.71 bits per heavy atom. The molecule has 0 saturated carbocycles. The molecule has 0 bridgehead atoms.